The van der Waals surface area contributed by atoms with Crippen LogP contribution in [-0.4, -0.2) is 0 Å². The van der Waals surface area contributed by atoms with E-state index in [1.165, 1.54) is 6.07 Å². The maximum atomic E-state index is 13.2. The van der Waals surface area contributed by atoms with Crippen LogP contribution in [0, 0.1) is 23.0 Å². The molecular weight excluding hydrogens is 326 g/mol. The van der Waals surface area contributed by atoms with Gasteiger partial charge in [0.2, 0.25) is 0 Å². The third kappa shape index (κ3) is 3.14. The van der Waals surface area contributed by atoms with Gasteiger partial charge >= 0.3 is 0 Å². The standard InChI is InChI=1S/C15H11BrF2N2/c1-9(10-3-5-13(17)14(18)6-10)20-15-7-12(16)4-2-11(15)8-19/h2-7,9,20H,1H3. The Morgan fingerprint density at radius 1 is 1.15 bits per heavy atom. The van der Waals surface area contributed by atoms with Crippen molar-refractivity contribution in [1.82, 2.24) is 0 Å². The summed E-state index contributed by atoms with van der Waals surface area (Å²) in [5, 5.41) is 12.2. The quantitative estimate of drug-likeness (QED) is 0.876. The van der Waals surface area contributed by atoms with E-state index < -0.39 is 11.6 Å². The molecule has 0 aliphatic rings. The number of halogens is 3. The van der Waals surface area contributed by atoms with Gasteiger partial charge in [-0.05, 0) is 42.8 Å². The summed E-state index contributed by atoms with van der Waals surface area (Å²) < 4.78 is 27.0. The van der Waals surface area contributed by atoms with Crippen LogP contribution in [0.3, 0.4) is 0 Å². The number of anilines is 1. The number of rotatable bonds is 3. The van der Waals surface area contributed by atoms with Crippen LogP contribution in [0.4, 0.5) is 14.5 Å². The monoisotopic (exact) mass is 336 g/mol. The molecule has 0 heterocycles. The van der Waals surface area contributed by atoms with Gasteiger partial charge in [0, 0.05) is 10.5 Å². The molecule has 5 heteroatoms. The summed E-state index contributed by atoms with van der Waals surface area (Å²) >= 11 is 3.33. The molecule has 0 amide bonds. The highest BCUT2D eigenvalue weighted by Crippen LogP contribution is 2.26. The minimum atomic E-state index is -0.883. The van der Waals surface area contributed by atoms with Gasteiger partial charge < -0.3 is 5.32 Å². The average Bonchev–Trinajstić information content (AvgIpc) is 2.42. The van der Waals surface area contributed by atoms with Gasteiger partial charge in [0.05, 0.1) is 11.3 Å². The molecule has 0 fully saturated rings. The van der Waals surface area contributed by atoms with Crippen molar-refractivity contribution in [2.24, 2.45) is 0 Å². The number of nitrogens with zero attached hydrogens (tertiary/aromatic N) is 1. The number of hydrogen-bond acceptors (Lipinski definition) is 2. The first-order chi connectivity index (χ1) is 9.51. The summed E-state index contributed by atoms with van der Waals surface area (Å²) in [6, 6.07) is 10.8. The highest BCUT2D eigenvalue weighted by Gasteiger charge is 2.11. The first-order valence-electron chi connectivity index (χ1n) is 5.92. The number of benzene rings is 2. The van der Waals surface area contributed by atoms with Gasteiger partial charge in [0.1, 0.15) is 6.07 Å². The molecule has 102 valence electrons. The van der Waals surface area contributed by atoms with Crippen LogP contribution in [0.2, 0.25) is 0 Å². The SMILES string of the molecule is CC(Nc1cc(Br)ccc1C#N)c1ccc(F)c(F)c1. The highest BCUT2D eigenvalue weighted by atomic mass is 79.9. The second-order valence-corrected chi connectivity index (χ2v) is 5.26. The van der Waals surface area contributed by atoms with Gasteiger partial charge in [-0.1, -0.05) is 22.0 Å². The smallest absolute Gasteiger partial charge is 0.159 e. The second-order valence-electron chi connectivity index (χ2n) is 4.34. The topological polar surface area (TPSA) is 35.8 Å². The normalized spacial score (nSPS) is 11.8. The molecule has 0 aliphatic heterocycles. The zero-order chi connectivity index (χ0) is 14.7. The summed E-state index contributed by atoms with van der Waals surface area (Å²) in [5.74, 6) is -1.76. The van der Waals surface area contributed by atoms with Crippen molar-refractivity contribution >= 4 is 21.6 Å². The Morgan fingerprint density at radius 2 is 1.90 bits per heavy atom. The van der Waals surface area contributed by atoms with E-state index in [9.17, 15) is 8.78 Å². The maximum Gasteiger partial charge on any atom is 0.159 e. The summed E-state index contributed by atoms with van der Waals surface area (Å²) in [4.78, 5) is 0. The molecule has 0 saturated heterocycles. The fourth-order valence-electron chi connectivity index (χ4n) is 1.83. The van der Waals surface area contributed by atoms with Crippen LogP contribution in [-0.2, 0) is 0 Å². The predicted octanol–water partition coefficient (Wildman–Crippen LogP) is 4.77. The molecule has 1 atom stereocenters. The highest BCUT2D eigenvalue weighted by molar-refractivity contribution is 9.10. The molecule has 0 bridgehead atoms. The number of hydrogen-bond donors (Lipinski definition) is 1. The van der Waals surface area contributed by atoms with Crippen molar-refractivity contribution in [1.29, 1.82) is 5.26 Å². The molecule has 1 N–H and O–H groups in total. The van der Waals surface area contributed by atoms with E-state index in [1.807, 2.05) is 6.92 Å². The molecule has 20 heavy (non-hydrogen) atoms. The number of nitriles is 1. The molecule has 2 aromatic rings. The van der Waals surface area contributed by atoms with E-state index in [0.29, 0.717) is 16.8 Å². The summed E-state index contributed by atoms with van der Waals surface area (Å²) in [5.41, 5.74) is 1.73. The van der Waals surface area contributed by atoms with Crippen LogP contribution in [0.1, 0.15) is 24.1 Å². The third-order valence-electron chi connectivity index (χ3n) is 2.92. The van der Waals surface area contributed by atoms with Crippen molar-refractivity contribution in [3.05, 3.63) is 63.6 Å². The summed E-state index contributed by atoms with van der Waals surface area (Å²) in [7, 11) is 0. The van der Waals surface area contributed by atoms with Gasteiger partial charge in [-0.3, -0.25) is 0 Å². The van der Waals surface area contributed by atoms with E-state index in [0.717, 1.165) is 16.6 Å². The van der Waals surface area contributed by atoms with Crippen molar-refractivity contribution in [3.8, 4) is 6.07 Å². The molecule has 1 unspecified atom stereocenters. The first kappa shape index (κ1) is 14.5. The minimum Gasteiger partial charge on any atom is -0.377 e. The fourth-order valence-corrected chi connectivity index (χ4v) is 2.19. The third-order valence-corrected chi connectivity index (χ3v) is 3.41. The molecule has 0 spiro atoms. The largest absolute Gasteiger partial charge is 0.377 e. The van der Waals surface area contributed by atoms with Gasteiger partial charge in [0.25, 0.3) is 0 Å². The minimum absolute atomic E-state index is 0.258. The molecular formula is C15H11BrF2N2. The van der Waals surface area contributed by atoms with Gasteiger partial charge in [-0.25, -0.2) is 8.78 Å². The van der Waals surface area contributed by atoms with E-state index in [-0.39, 0.29) is 6.04 Å². The van der Waals surface area contributed by atoms with E-state index in [4.69, 9.17) is 5.26 Å². The second kappa shape index (κ2) is 6.02. The van der Waals surface area contributed by atoms with E-state index in [2.05, 4.69) is 27.3 Å². The predicted molar refractivity (Wildman–Crippen MR) is 77.3 cm³/mol. The molecule has 0 radical (unpaired) electrons. The van der Waals surface area contributed by atoms with Crippen molar-refractivity contribution in [3.63, 3.8) is 0 Å². The van der Waals surface area contributed by atoms with Crippen LogP contribution in [0.5, 0.6) is 0 Å². The Bertz CT molecular complexity index is 680. The lowest BCUT2D eigenvalue weighted by molar-refractivity contribution is 0.506. The van der Waals surface area contributed by atoms with Crippen LogP contribution in [0.25, 0.3) is 0 Å². The number of nitrogens with one attached hydrogen (secondary N) is 1. The zero-order valence-electron chi connectivity index (χ0n) is 10.6. The molecule has 2 aromatic carbocycles. The van der Waals surface area contributed by atoms with Crippen molar-refractivity contribution < 1.29 is 8.78 Å². The van der Waals surface area contributed by atoms with Gasteiger partial charge in [-0.15, -0.1) is 0 Å². The molecule has 2 nitrogen and oxygen atoms in total. The Morgan fingerprint density at radius 3 is 2.55 bits per heavy atom. The van der Waals surface area contributed by atoms with Crippen LogP contribution >= 0.6 is 15.9 Å². The molecule has 0 saturated carbocycles. The zero-order valence-corrected chi connectivity index (χ0v) is 12.2. The van der Waals surface area contributed by atoms with E-state index >= 15 is 0 Å². The molecule has 0 aliphatic carbocycles. The summed E-state index contributed by atoms with van der Waals surface area (Å²) in [6.45, 7) is 1.81. The Kier molecular flexibility index (Phi) is 4.35. The Balaban J connectivity index is 2.27. The molecule has 2 rings (SSSR count). The fraction of sp³-hybridized carbons (Fsp3) is 0.133. The van der Waals surface area contributed by atoms with E-state index in [1.54, 1.807) is 18.2 Å². The Hall–Kier alpha value is -1.93. The van der Waals surface area contributed by atoms with Gasteiger partial charge in [-0.2, -0.15) is 5.26 Å². The van der Waals surface area contributed by atoms with Crippen LogP contribution in [0.15, 0.2) is 40.9 Å². The average molecular weight is 337 g/mol. The lowest BCUT2D eigenvalue weighted by Crippen LogP contribution is -2.08. The lowest BCUT2D eigenvalue weighted by atomic mass is 10.1. The first-order valence-corrected chi connectivity index (χ1v) is 6.71. The maximum absolute atomic E-state index is 13.2. The summed E-state index contributed by atoms with van der Waals surface area (Å²) in [6.07, 6.45) is 0. The molecule has 0 aromatic heterocycles. The lowest BCUT2D eigenvalue weighted by Gasteiger charge is -2.17. The van der Waals surface area contributed by atoms with Gasteiger partial charge in [0.15, 0.2) is 11.6 Å². The Labute approximate surface area is 124 Å². The van der Waals surface area contributed by atoms with Crippen molar-refractivity contribution in [2.45, 2.75) is 13.0 Å². The van der Waals surface area contributed by atoms with Crippen molar-refractivity contribution in [2.75, 3.05) is 5.32 Å². The van der Waals surface area contributed by atoms with Crippen LogP contribution < -0.4 is 5.32 Å².